The maximum absolute atomic E-state index is 8.46. The van der Waals surface area contributed by atoms with E-state index in [1.54, 1.807) is 6.08 Å². The van der Waals surface area contributed by atoms with Crippen molar-refractivity contribution in [3.05, 3.63) is 11.6 Å². The molecule has 0 heterocycles. The molecule has 0 aromatic rings. The van der Waals surface area contributed by atoms with E-state index < -0.39 is 0 Å². The zero-order valence-electron chi connectivity index (χ0n) is 6.01. The summed E-state index contributed by atoms with van der Waals surface area (Å²) in [5.74, 6) is 1.62. The Morgan fingerprint density at radius 1 is 1.20 bits per heavy atom. The van der Waals surface area contributed by atoms with E-state index in [0.717, 1.165) is 11.8 Å². The molecule has 10 heavy (non-hydrogen) atoms. The molecule has 0 unspecified atom stereocenters. The first-order valence-corrected chi connectivity index (χ1v) is 4.01. The molecule has 2 saturated carbocycles. The van der Waals surface area contributed by atoms with Crippen LogP contribution in [0.4, 0.5) is 0 Å². The monoisotopic (exact) mass is 133 g/mol. The first-order chi connectivity index (χ1) is 4.92. The molecule has 2 rings (SSSR count). The Labute approximate surface area is 61.4 Å². The van der Waals surface area contributed by atoms with Gasteiger partial charge in [0.15, 0.2) is 0 Å². The maximum Gasteiger partial charge on any atom is 0.0911 e. The smallest absolute Gasteiger partial charge is 0.0911 e. The number of nitrogens with zero attached hydrogens (tertiary/aromatic N) is 1. The van der Waals surface area contributed by atoms with Gasteiger partial charge in [-0.05, 0) is 37.5 Å². The topological polar surface area (TPSA) is 23.8 Å². The molecule has 2 aliphatic rings. The van der Waals surface area contributed by atoms with Crippen LogP contribution in [0.15, 0.2) is 11.6 Å². The molecular weight excluding hydrogens is 122 g/mol. The molecule has 0 saturated heterocycles. The molecule has 52 valence electrons. The summed E-state index contributed by atoms with van der Waals surface area (Å²) in [7, 11) is 0. The van der Waals surface area contributed by atoms with Crippen LogP contribution in [0, 0.1) is 23.2 Å². The van der Waals surface area contributed by atoms with Crippen molar-refractivity contribution in [3.63, 3.8) is 0 Å². The van der Waals surface area contributed by atoms with Crippen LogP contribution in [0.25, 0.3) is 0 Å². The van der Waals surface area contributed by atoms with Gasteiger partial charge < -0.3 is 0 Å². The molecule has 0 atom stereocenters. The van der Waals surface area contributed by atoms with Gasteiger partial charge in [0.25, 0.3) is 0 Å². The summed E-state index contributed by atoms with van der Waals surface area (Å²) in [4.78, 5) is 0. The quantitative estimate of drug-likeness (QED) is 0.530. The molecule has 2 fully saturated rings. The maximum atomic E-state index is 8.46. The molecule has 2 aliphatic carbocycles. The average molecular weight is 133 g/mol. The third-order valence-electron chi connectivity index (χ3n) is 2.33. The lowest BCUT2D eigenvalue weighted by molar-refractivity contribution is 0.857. The largest absolute Gasteiger partial charge is 0.193 e. The molecular formula is C9H11N. The van der Waals surface area contributed by atoms with Crippen LogP contribution in [-0.4, -0.2) is 0 Å². The van der Waals surface area contributed by atoms with Crippen LogP contribution in [0.3, 0.4) is 0 Å². The fourth-order valence-corrected chi connectivity index (χ4v) is 1.48. The van der Waals surface area contributed by atoms with Gasteiger partial charge in [-0.3, -0.25) is 0 Å². The van der Waals surface area contributed by atoms with E-state index in [4.69, 9.17) is 5.26 Å². The van der Waals surface area contributed by atoms with Crippen molar-refractivity contribution in [1.29, 1.82) is 5.26 Å². The second-order valence-corrected chi connectivity index (χ2v) is 3.32. The second-order valence-electron chi connectivity index (χ2n) is 3.32. The Kier molecular flexibility index (Phi) is 1.27. The van der Waals surface area contributed by atoms with E-state index in [1.165, 1.54) is 31.3 Å². The third-order valence-corrected chi connectivity index (χ3v) is 2.33. The lowest BCUT2D eigenvalue weighted by Crippen LogP contribution is -1.86. The normalized spacial score (nSPS) is 23.5. The van der Waals surface area contributed by atoms with Crippen molar-refractivity contribution in [3.8, 4) is 6.07 Å². The zero-order chi connectivity index (χ0) is 6.97. The van der Waals surface area contributed by atoms with E-state index >= 15 is 0 Å². The van der Waals surface area contributed by atoms with Crippen LogP contribution in [-0.2, 0) is 0 Å². The first kappa shape index (κ1) is 5.97. The van der Waals surface area contributed by atoms with E-state index in [-0.39, 0.29) is 0 Å². The van der Waals surface area contributed by atoms with E-state index in [1.807, 2.05) is 0 Å². The van der Waals surface area contributed by atoms with Crippen LogP contribution in [0.2, 0.25) is 0 Å². The van der Waals surface area contributed by atoms with E-state index in [2.05, 4.69) is 6.07 Å². The van der Waals surface area contributed by atoms with Gasteiger partial charge in [0, 0.05) is 6.08 Å². The number of rotatable bonds is 2. The van der Waals surface area contributed by atoms with Crippen LogP contribution in [0.1, 0.15) is 25.7 Å². The van der Waals surface area contributed by atoms with Gasteiger partial charge in [-0.1, -0.05) is 5.57 Å². The molecule has 0 spiro atoms. The number of allylic oxidation sites excluding steroid dienone is 2. The van der Waals surface area contributed by atoms with E-state index in [9.17, 15) is 0 Å². The fourth-order valence-electron chi connectivity index (χ4n) is 1.48. The summed E-state index contributed by atoms with van der Waals surface area (Å²) in [5, 5.41) is 8.46. The van der Waals surface area contributed by atoms with Crippen molar-refractivity contribution in [2.24, 2.45) is 11.8 Å². The van der Waals surface area contributed by atoms with Crippen molar-refractivity contribution in [2.75, 3.05) is 0 Å². The predicted molar refractivity (Wildman–Crippen MR) is 39.1 cm³/mol. The molecule has 1 heteroatoms. The van der Waals surface area contributed by atoms with Gasteiger partial charge in [-0.2, -0.15) is 5.26 Å². The van der Waals surface area contributed by atoms with Gasteiger partial charge in [0.05, 0.1) is 6.07 Å². The van der Waals surface area contributed by atoms with Gasteiger partial charge in [-0.15, -0.1) is 0 Å². The Morgan fingerprint density at radius 3 is 2.00 bits per heavy atom. The van der Waals surface area contributed by atoms with Crippen LogP contribution < -0.4 is 0 Å². The molecule has 0 bridgehead atoms. The zero-order valence-corrected chi connectivity index (χ0v) is 6.01. The SMILES string of the molecule is N#CC=C(C1CC1)C1CC1. The van der Waals surface area contributed by atoms with E-state index in [0.29, 0.717) is 0 Å². The predicted octanol–water partition coefficient (Wildman–Crippen LogP) is 2.26. The summed E-state index contributed by atoms with van der Waals surface area (Å²) in [6.45, 7) is 0. The second kappa shape index (κ2) is 2.12. The number of hydrogen-bond acceptors (Lipinski definition) is 1. The van der Waals surface area contributed by atoms with Crippen LogP contribution in [0.5, 0.6) is 0 Å². The Balaban J connectivity index is 2.06. The Morgan fingerprint density at radius 2 is 1.70 bits per heavy atom. The standard InChI is InChI=1S/C9H11N/c10-6-5-9(7-1-2-7)8-3-4-8/h5,7-8H,1-4H2. The minimum atomic E-state index is 0.812. The van der Waals surface area contributed by atoms with Gasteiger partial charge in [0.1, 0.15) is 0 Å². The number of nitriles is 1. The molecule has 1 nitrogen and oxygen atoms in total. The lowest BCUT2D eigenvalue weighted by atomic mass is 10.1. The summed E-state index contributed by atoms with van der Waals surface area (Å²) < 4.78 is 0. The summed E-state index contributed by atoms with van der Waals surface area (Å²) in [6.07, 6.45) is 7.14. The highest BCUT2D eigenvalue weighted by Crippen LogP contribution is 2.48. The van der Waals surface area contributed by atoms with Gasteiger partial charge in [-0.25, -0.2) is 0 Å². The molecule has 0 N–H and O–H groups in total. The molecule has 0 aromatic carbocycles. The summed E-state index contributed by atoms with van der Waals surface area (Å²) in [6, 6.07) is 2.15. The van der Waals surface area contributed by atoms with Crippen molar-refractivity contribution < 1.29 is 0 Å². The van der Waals surface area contributed by atoms with Crippen LogP contribution >= 0.6 is 0 Å². The average Bonchev–Trinajstić information content (AvgIpc) is 2.77. The first-order valence-electron chi connectivity index (χ1n) is 4.01. The molecule has 0 radical (unpaired) electrons. The van der Waals surface area contributed by atoms with Gasteiger partial charge >= 0.3 is 0 Å². The highest BCUT2D eigenvalue weighted by Gasteiger charge is 2.35. The van der Waals surface area contributed by atoms with Crippen molar-refractivity contribution >= 4 is 0 Å². The van der Waals surface area contributed by atoms with Crippen molar-refractivity contribution in [2.45, 2.75) is 25.7 Å². The minimum absolute atomic E-state index is 0.812. The highest BCUT2D eigenvalue weighted by molar-refractivity contribution is 5.25. The molecule has 0 aromatic heterocycles. The van der Waals surface area contributed by atoms with Gasteiger partial charge in [0.2, 0.25) is 0 Å². The minimum Gasteiger partial charge on any atom is -0.193 e. The number of hydrogen-bond donors (Lipinski definition) is 0. The van der Waals surface area contributed by atoms with Crippen molar-refractivity contribution in [1.82, 2.24) is 0 Å². The highest BCUT2D eigenvalue weighted by atomic mass is 14.4. The molecule has 0 aliphatic heterocycles. The Bertz CT molecular complexity index is 187. The Hall–Kier alpha value is -0.770. The fraction of sp³-hybridized carbons (Fsp3) is 0.667. The molecule has 0 amide bonds. The summed E-state index contributed by atoms with van der Waals surface area (Å²) >= 11 is 0. The summed E-state index contributed by atoms with van der Waals surface area (Å²) in [5.41, 5.74) is 1.46. The third kappa shape index (κ3) is 1.07. The lowest BCUT2D eigenvalue weighted by Gasteiger charge is -1.97.